The molecule has 1 heterocycles. The van der Waals surface area contributed by atoms with Crippen molar-refractivity contribution < 1.29 is 13.2 Å². The van der Waals surface area contributed by atoms with Gasteiger partial charge in [0.1, 0.15) is 0 Å². The van der Waals surface area contributed by atoms with E-state index in [2.05, 4.69) is 0 Å². The molecule has 4 aromatic rings. The summed E-state index contributed by atoms with van der Waals surface area (Å²) in [5, 5.41) is 0.567. The Morgan fingerprint density at radius 3 is 1.96 bits per heavy atom. The van der Waals surface area contributed by atoms with E-state index in [9.17, 15) is 13.2 Å². The molecule has 0 atom stereocenters. The van der Waals surface area contributed by atoms with Gasteiger partial charge in [-0.2, -0.15) is 0 Å². The van der Waals surface area contributed by atoms with Gasteiger partial charge in [-0.05, 0) is 23.3 Å². The highest BCUT2D eigenvalue weighted by atomic mass is 19.4. The van der Waals surface area contributed by atoms with E-state index in [1.807, 2.05) is 42.5 Å². The lowest BCUT2D eigenvalue weighted by Gasteiger charge is -2.16. The summed E-state index contributed by atoms with van der Waals surface area (Å²) in [6, 6.07) is 24.8. The molecule has 0 unspecified atom stereocenters. The molecular formula is C21H14F3N. The SMILES string of the molecule is FC(F)(F)n1c(-c2ccccc2-c2ccccc2)cc2ccccc21. The van der Waals surface area contributed by atoms with Gasteiger partial charge >= 0.3 is 6.30 Å². The predicted octanol–water partition coefficient (Wildman–Crippen LogP) is 6.45. The Morgan fingerprint density at radius 2 is 1.24 bits per heavy atom. The van der Waals surface area contributed by atoms with Crippen LogP contribution in [-0.4, -0.2) is 4.57 Å². The third-order valence-corrected chi connectivity index (χ3v) is 4.25. The summed E-state index contributed by atoms with van der Waals surface area (Å²) in [7, 11) is 0. The van der Waals surface area contributed by atoms with E-state index in [1.165, 1.54) is 6.07 Å². The van der Waals surface area contributed by atoms with Crippen molar-refractivity contribution in [1.82, 2.24) is 4.57 Å². The molecule has 0 bridgehead atoms. The molecular weight excluding hydrogens is 323 g/mol. The average molecular weight is 337 g/mol. The molecule has 0 amide bonds. The van der Waals surface area contributed by atoms with Gasteiger partial charge < -0.3 is 0 Å². The molecule has 0 aliphatic carbocycles. The fraction of sp³-hybridized carbons (Fsp3) is 0.0476. The fourth-order valence-electron chi connectivity index (χ4n) is 3.20. The minimum absolute atomic E-state index is 0.146. The van der Waals surface area contributed by atoms with Gasteiger partial charge in [0.2, 0.25) is 0 Å². The van der Waals surface area contributed by atoms with Crippen molar-refractivity contribution in [3.05, 3.63) is 84.9 Å². The van der Waals surface area contributed by atoms with Crippen LogP contribution in [0.4, 0.5) is 13.2 Å². The minimum atomic E-state index is -4.50. The van der Waals surface area contributed by atoms with E-state index in [-0.39, 0.29) is 11.2 Å². The normalized spacial score (nSPS) is 11.8. The molecule has 4 rings (SSSR count). The second-order valence-electron chi connectivity index (χ2n) is 5.80. The Hall–Kier alpha value is -3.01. The van der Waals surface area contributed by atoms with Crippen LogP contribution in [0, 0.1) is 0 Å². The fourth-order valence-corrected chi connectivity index (χ4v) is 3.20. The molecule has 0 spiro atoms. The van der Waals surface area contributed by atoms with Crippen LogP contribution < -0.4 is 0 Å². The van der Waals surface area contributed by atoms with Crippen molar-refractivity contribution in [2.45, 2.75) is 6.30 Å². The molecule has 3 aromatic carbocycles. The van der Waals surface area contributed by atoms with Crippen LogP contribution >= 0.6 is 0 Å². The minimum Gasteiger partial charge on any atom is -0.252 e. The van der Waals surface area contributed by atoms with Gasteiger partial charge in [0.15, 0.2) is 0 Å². The number of aromatic nitrogens is 1. The molecule has 0 saturated carbocycles. The third kappa shape index (κ3) is 2.70. The van der Waals surface area contributed by atoms with Crippen molar-refractivity contribution in [3.63, 3.8) is 0 Å². The lowest BCUT2D eigenvalue weighted by atomic mass is 9.97. The predicted molar refractivity (Wildman–Crippen MR) is 94.1 cm³/mol. The van der Waals surface area contributed by atoms with Crippen LogP contribution in [-0.2, 0) is 6.30 Å². The van der Waals surface area contributed by atoms with Gasteiger partial charge in [-0.15, -0.1) is 13.2 Å². The maximum atomic E-state index is 13.8. The molecule has 0 radical (unpaired) electrons. The zero-order chi connectivity index (χ0) is 17.4. The van der Waals surface area contributed by atoms with E-state index in [1.54, 1.807) is 36.4 Å². The van der Waals surface area contributed by atoms with E-state index >= 15 is 0 Å². The van der Waals surface area contributed by atoms with E-state index in [4.69, 9.17) is 0 Å². The Bertz CT molecular complexity index is 1030. The number of para-hydroxylation sites is 1. The average Bonchev–Trinajstić information content (AvgIpc) is 3.02. The Morgan fingerprint density at radius 1 is 0.640 bits per heavy atom. The van der Waals surface area contributed by atoms with Gasteiger partial charge in [0, 0.05) is 10.9 Å². The maximum absolute atomic E-state index is 13.8. The second kappa shape index (κ2) is 5.81. The molecule has 0 aliphatic rings. The summed E-state index contributed by atoms with van der Waals surface area (Å²) in [6.07, 6.45) is -4.50. The molecule has 0 aliphatic heterocycles. The number of hydrogen-bond donors (Lipinski definition) is 0. The second-order valence-corrected chi connectivity index (χ2v) is 5.80. The quantitative estimate of drug-likeness (QED) is 0.396. The van der Waals surface area contributed by atoms with Crippen molar-refractivity contribution in [2.24, 2.45) is 0 Å². The summed E-state index contributed by atoms with van der Waals surface area (Å²) in [4.78, 5) is 0. The first-order valence-corrected chi connectivity index (χ1v) is 7.88. The Kier molecular flexibility index (Phi) is 3.61. The Balaban J connectivity index is 2.04. The highest BCUT2D eigenvalue weighted by molar-refractivity contribution is 5.91. The maximum Gasteiger partial charge on any atom is 0.489 e. The molecule has 0 saturated heterocycles. The molecule has 4 heteroatoms. The summed E-state index contributed by atoms with van der Waals surface area (Å²) in [6.45, 7) is 0. The first-order valence-electron chi connectivity index (χ1n) is 7.88. The number of benzene rings is 3. The lowest BCUT2D eigenvalue weighted by molar-refractivity contribution is -0.199. The third-order valence-electron chi connectivity index (χ3n) is 4.25. The van der Waals surface area contributed by atoms with Crippen LogP contribution in [0.2, 0.25) is 0 Å². The molecule has 0 fully saturated rings. The molecule has 124 valence electrons. The van der Waals surface area contributed by atoms with E-state index in [0.717, 1.165) is 11.1 Å². The molecule has 1 nitrogen and oxygen atoms in total. The summed E-state index contributed by atoms with van der Waals surface area (Å²) in [5.41, 5.74) is 2.52. The lowest BCUT2D eigenvalue weighted by Crippen LogP contribution is -2.17. The van der Waals surface area contributed by atoms with Crippen LogP contribution in [0.3, 0.4) is 0 Å². The van der Waals surface area contributed by atoms with Gasteiger partial charge in [-0.3, -0.25) is 4.57 Å². The highest BCUT2D eigenvalue weighted by Gasteiger charge is 2.35. The highest BCUT2D eigenvalue weighted by Crippen LogP contribution is 2.40. The largest absolute Gasteiger partial charge is 0.489 e. The molecule has 25 heavy (non-hydrogen) atoms. The van der Waals surface area contributed by atoms with Gasteiger partial charge in [0.05, 0.1) is 11.2 Å². The Labute approximate surface area is 143 Å². The van der Waals surface area contributed by atoms with E-state index < -0.39 is 6.30 Å². The van der Waals surface area contributed by atoms with Gasteiger partial charge in [-0.25, -0.2) is 0 Å². The first kappa shape index (κ1) is 15.5. The van der Waals surface area contributed by atoms with Crippen molar-refractivity contribution in [1.29, 1.82) is 0 Å². The number of rotatable bonds is 2. The summed E-state index contributed by atoms with van der Waals surface area (Å²) in [5.74, 6) is 0. The van der Waals surface area contributed by atoms with Crippen molar-refractivity contribution in [3.8, 4) is 22.4 Å². The molecule has 0 N–H and O–H groups in total. The first-order chi connectivity index (χ1) is 12.1. The number of hydrogen-bond acceptors (Lipinski definition) is 0. The van der Waals surface area contributed by atoms with Crippen LogP contribution in [0.1, 0.15) is 0 Å². The zero-order valence-corrected chi connectivity index (χ0v) is 13.2. The monoisotopic (exact) mass is 337 g/mol. The number of halogens is 3. The zero-order valence-electron chi connectivity index (χ0n) is 13.2. The molecule has 1 aromatic heterocycles. The van der Waals surface area contributed by atoms with Crippen molar-refractivity contribution in [2.75, 3.05) is 0 Å². The number of nitrogens with zero attached hydrogens (tertiary/aromatic N) is 1. The number of fused-ring (bicyclic) bond motifs is 1. The van der Waals surface area contributed by atoms with Crippen LogP contribution in [0.15, 0.2) is 84.9 Å². The van der Waals surface area contributed by atoms with E-state index in [0.29, 0.717) is 15.5 Å². The van der Waals surface area contributed by atoms with Crippen LogP contribution in [0.5, 0.6) is 0 Å². The smallest absolute Gasteiger partial charge is 0.252 e. The number of alkyl halides is 3. The van der Waals surface area contributed by atoms with Gasteiger partial charge in [-0.1, -0.05) is 72.8 Å². The van der Waals surface area contributed by atoms with Gasteiger partial charge in [0.25, 0.3) is 0 Å². The van der Waals surface area contributed by atoms with Crippen molar-refractivity contribution >= 4 is 10.9 Å². The van der Waals surface area contributed by atoms with Crippen LogP contribution in [0.25, 0.3) is 33.3 Å². The summed E-state index contributed by atoms with van der Waals surface area (Å²) >= 11 is 0. The standard InChI is InChI=1S/C21H14F3N/c22-21(23,24)25-19-13-7-4-10-16(19)14-20(25)18-12-6-5-11-17(18)15-8-2-1-3-9-15/h1-14H. The summed E-state index contributed by atoms with van der Waals surface area (Å²) < 4.78 is 41.8. The topological polar surface area (TPSA) is 4.93 Å².